The summed E-state index contributed by atoms with van der Waals surface area (Å²) >= 11 is 0. The fourth-order valence-corrected chi connectivity index (χ4v) is 0.909. The summed E-state index contributed by atoms with van der Waals surface area (Å²) in [6.07, 6.45) is -4.24. The lowest BCUT2D eigenvalue weighted by atomic mass is 10.2. The summed E-state index contributed by atoms with van der Waals surface area (Å²) in [6, 6.07) is 0. The molecule has 6 heteroatoms. The van der Waals surface area contributed by atoms with Crippen LogP contribution in [0.5, 0.6) is 0 Å². The predicted octanol–water partition coefficient (Wildman–Crippen LogP) is -1.62. The van der Waals surface area contributed by atoms with Crippen molar-refractivity contribution in [1.29, 1.82) is 0 Å². The Kier molecular flexibility index (Phi) is 2.53. The molecule has 5 N–H and O–H groups in total. The van der Waals surface area contributed by atoms with Gasteiger partial charge in [-0.25, -0.2) is 0 Å². The predicted molar refractivity (Wildman–Crippen MR) is 36.3 cm³/mol. The first-order valence-corrected chi connectivity index (χ1v) is 3.32. The van der Waals surface area contributed by atoms with Crippen LogP contribution < -0.4 is 0 Å². The molecule has 0 aliphatic carbocycles. The third kappa shape index (κ3) is 1.37. The Morgan fingerprint density at radius 1 is 1.33 bits per heavy atom. The molecular formula is C6H10O6. The highest BCUT2D eigenvalue weighted by molar-refractivity contribution is 5.13. The van der Waals surface area contributed by atoms with Crippen LogP contribution in [0, 0.1) is 0 Å². The molecule has 1 aliphatic rings. The summed E-state index contributed by atoms with van der Waals surface area (Å²) in [5.41, 5.74) is 0. The van der Waals surface area contributed by atoms with Crippen LogP contribution in [0.4, 0.5) is 0 Å². The van der Waals surface area contributed by atoms with E-state index in [9.17, 15) is 0 Å². The SMILES string of the molecule is OCC(O)[C@H]1OC(O)C(O)=C1O. The Morgan fingerprint density at radius 2 is 1.92 bits per heavy atom. The normalized spacial score (nSPS) is 32.6. The number of ether oxygens (including phenoxy) is 1. The highest BCUT2D eigenvalue weighted by Gasteiger charge is 2.37. The van der Waals surface area contributed by atoms with Crippen molar-refractivity contribution in [1.82, 2.24) is 0 Å². The van der Waals surface area contributed by atoms with E-state index in [1.807, 2.05) is 0 Å². The lowest BCUT2D eigenvalue weighted by molar-refractivity contribution is -0.134. The summed E-state index contributed by atoms with van der Waals surface area (Å²) in [5.74, 6) is -1.38. The number of hydrogen-bond donors (Lipinski definition) is 5. The van der Waals surface area contributed by atoms with E-state index in [1.165, 1.54) is 0 Å². The Hall–Kier alpha value is -0.820. The van der Waals surface area contributed by atoms with Crippen molar-refractivity contribution in [3.8, 4) is 0 Å². The minimum atomic E-state index is -1.63. The summed E-state index contributed by atoms with van der Waals surface area (Å²) in [4.78, 5) is 0. The third-order valence-electron chi connectivity index (χ3n) is 1.58. The minimum Gasteiger partial charge on any atom is -0.506 e. The van der Waals surface area contributed by atoms with Crippen LogP contribution in [0.3, 0.4) is 0 Å². The molecule has 0 aromatic heterocycles. The van der Waals surface area contributed by atoms with Gasteiger partial charge in [-0.1, -0.05) is 0 Å². The minimum absolute atomic E-state index is 0.630. The number of aliphatic hydroxyl groups is 5. The van der Waals surface area contributed by atoms with Crippen LogP contribution in [0.15, 0.2) is 11.5 Å². The quantitative estimate of drug-likeness (QED) is 0.348. The molecule has 1 heterocycles. The first-order chi connectivity index (χ1) is 5.57. The van der Waals surface area contributed by atoms with Crippen molar-refractivity contribution in [3.63, 3.8) is 0 Å². The van der Waals surface area contributed by atoms with Crippen LogP contribution >= 0.6 is 0 Å². The van der Waals surface area contributed by atoms with E-state index in [4.69, 9.17) is 25.5 Å². The van der Waals surface area contributed by atoms with Gasteiger partial charge in [-0.3, -0.25) is 0 Å². The molecule has 0 saturated carbocycles. The van der Waals surface area contributed by atoms with Gasteiger partial charge in [0, 0.05) is 0 Å². The van der Waals surface area contributed by atoms with Gasteiger partial charge < -0.3 is 30.3 Å². The topological polar surface area (TPSA) is 110 Å². The van der Waals surface area contributed by atoms with Crippen molar-refractivity contribution in [2.45, 2.75) is 18.5 Å². The van der Waals surface area contributed by atoms with Crippen LogP contribution in [0.2, 0.25) is 0 Å². The average molecular weight is 178 g/mol. The molecule has 0 amide bonds. The molecule has 0 bridgehead atoms. The molecular weight excluding hydrogens is 168 g/mol. The monoisotopic (exact) mass is 178 g/mol. The maximum absolute atomic E-state index is 9.00. The molecule has 6 nitrogen and oxygen atoms in total. The van der Waals surface area contributed by atoms with E-state index in [1.54, 1.807) is 0 Å². The molecule has 1 aliphatic heterocycles. The summed E-state index contributed by atoms with van der Waals surface area (Å²) in [6.45, 7) is -0.630. The highest BCUT2D eigenvalue weighted by atomic mass is 16.6. The van der Waals surface area contributed by atoms with Crippen LogP contribution in [-0.2, 0) is 4.74 Å². The van der Waals surface area contributed by atoms with E-state index >= 15 is 0 Å². The maximum atomic E-state index is 9.00. The van der Waals surface area contributed by atoms with Crippen LogP contribution in [0.1, 0.15) is 0 Å². The molecule has 0 aromatic carbocycles. The van der Waals surface area contributed by atoms with E-state index in [0.717, 1.165) is 0 Å². The van der Waals surface area contributed by atoms with Crippen LogP contribution in [0.25, 0.3) is 0 Å². The average Bonchev–Trinajstić information content (AvgIpc) is 2.32. The fraction of sp³-hybridized carbons (Fsp3) is 0.667. The van der Waals surface area contributed by atoms with Gasteiger partial charge in [0.05, 0.1) is 6.61 Å². The van der Waals surface area contributed by atoms with Gasteiger partial charge in [0.25, 0.3) is 0 Å². The van der Waals surface area contributed by atoms with E-state index in [2.05, 4.69) is 4.74 Å². The number of aliphatic hydroxyl groups excluding tert-OH is 5. The zero-order chi connectivity index (χ0) is 9.30. The zero-order valence-corrected chi connectivity index (χ0v) is 6.08. The maximum Gasteiger partial charge on any atom is 0.218 e. The smallest absolute Gasteiger partial charge is 0.218 e. The third-order valence-corrected chi connectivity index (χ3v) is 1.58. The number of hydrogen-bond acceptors (Lipinski definition) is 6. The number of rotatable bonds is 2. The fourth-order valence-electron chi connectivity index (χ4n) is 0.909. The van der Waals surface area contributed by atoms with Gasteiger partial charge in [-0.2, -0.15) is 0 Å². The molecule has 2 unspecified atom stereocenters. The highest BCUT2D eigenvalue weighted by Crippen LogP contribution is 2.24. The molecule has 3 atom stereocenters. The van der Waals surface area contributed by atoms with E-state index in [-0.39, 0.29) is 0 Å². The second kappa shape index (κ2) is 3.28. The summed E-state index contributed by atoms with van der Waals surface area (Å²) < 4.78 is 4.51. The standard InChI is InChI=1S/C6H10O6/c7-1-2(8)5-3(9)4(10)6(11)12-5/h2,5-11H,1H2/t2?,5-,6?/m1/s1. The zero-order valence-electron chi connectivity index (χ0n) is 6.08. The largest absolute Gasteiger partial charge is 0.506 e. The first-order valence-electron chi connectivity index (χ1n) is 3.32. The first kappa shape index (κ1) is 9.27. The van der Waals surface area contributed by atoms with Gasteiger partial charge in [0.2, 0.25) is 6.29 Å². The molecule has 12 heavy (non-hydrogen) atoms. The van der Waals surface area contributed by atoms with Crippen molar-refractivity contribution in [2.75, 3.05) is 6.61 Å². The van der Waals surface area contributed by atoms with E-state index in [0.29, 0.717) is 0 Å². The second-order valence-corrected chi connectivity index (χ2v) is 2.43. The molecule has 0 spiro atoms. The Morgan fingerprint density at radius 3 is 2.25 bits per heavy atom. The van der Waals surface area contributed by atoms with Crippen molar-refractivity contribution in [3.05, 3.63) is 11.5 Å². The lowest BCUT2D eigenvalue weighted by Gasteiger charge is -2.15. The summed E-state index contributed by atoms with van der Waals surface area (Å²) in [5, 5.41) is 44.1. The van der Waals surface area contributed by atoms with Crippen molar-refractivity contribution < 1.29 is 30.3 Å². The van der Waals surface area contributed by atoms with Gasteiger partial charge >= 0.3 is 0 Å². The Labute approximate surface area is 68.0 Å². The Bertz CT molecular complexity index is 200. The van der Waals surface area contributed by atoms with Crippen molar-refractivity contribution >= 4 is 0 Å². The molecule has 0 fully saturated rings. The van der Waals surface area contributed by atoms with Crippen molar-refractivity contribution in [2.24, 2.45) is 0 Å². The van der Waals surface area contributed by atoms with Gasteiger partial charge in [-0.15, -0.1) is 0 Å². The second-order valence-electron chi connectivity index (χ2n) is 2.43. The molecule has 0 aromatic rings. The summed E-state index contributed by atoms with van der Waals surface area (Å²) in [7, 11) is 0. The molecule has 1 rings (SSSR count). The van der Waals surface area contributed by atoms with E-state index < -0.39 is 36.6 Å². The van der Waals surface area contributed by atoms with Crippen LogP contribution in [-0.4, -0.2) is 50.6 Å². The molecule has 70 valence electrons. The molecule has 0 radical (unpaired) electrons. The lowest BCUT2D eigenvalue weighted by Crippen LogP contribution is -2.32. The van der Waals surface area contributed by atoms with Gasteiger partial charge in [0.15, 0.2) is 11.5 Å². The van der Waals surface area contributed by atoms with Gasteiger partial charge in [0.1, 0.15) is 12.2 Å². The Balaban J connectivity index is 2.73. The van der Waals surface area contributed by atoms with Gasteiger partial charge in [-0.05, 0) is 0 Å². The molecule has 0 saturated heterocycles.